The zero-order valence-corrected chi connectivity index (χ0v) is 10.3. The number of amides is 1. The molecule has 1 aliphatic heterocycles. The van der Waals surface area contributed by atoms with Crippen LogP contribution >= 0.6 is 0 Å². The van der Waals surface area contributed by atoms with Gasteiger partial charge in [0.25, 0.3) is 0 Å². The van der Waals surface area contributed by atoms with Gasteiger partial charge in [-0.05, 0) is 19.4 Å². The lowest BCUT2D eigenvalue weighted by Crippen LogP contribution is -2.35. The van der Waals surface area contributed by atoms with Gasteiger partial charge in [-0.3, -0.25) is 9.69 Å². The number of rotatable bonds is 5. The molecule has 0 aromatic rings. The highest BCUT2D eigenvalue weighted by atomic mass is 16.3. The Bertz CT molecular complexity index is 209. The molecule has 0 spiro atoms. The number of hydrogen-bond donors (Lipinski definition) is 1. The standard InChI is InChI=1S/C12H24N2O2/c1-2-3-5-12(16)14-7-4-6-13(8-9-14)10-11-15/h15H,2-11H2,1H3. The Morgan fingerprint density at radius 2 is 2.06 bits per heavy atom. The maximum Gasteiger partial charge on any atom is 0.222 e. The van der Waals surface area contributed by atoms with Gasteiger partial charge in [-0.1, -0.05) is 13.3 Å². The normalized spacial score (nSPS) is 18.5. The summed E-state index contributed by atoms with van der Waals surface area (Å²) in [5, 5.41) is 8.88. The molecule has 1 rings (SSSR count). The third-order valence-corrected chi connectivity index (χ3v) is 3.10. The molecule has 16 heavy (non-hydrogen) atoms. The minimum atomic E-state index is 0.212. The Kier molecular flexibility index (Phi) is 6.42. The highest BCUT2D eigenvalue weighted by Gasteiger charge is 2.17. The number of β-amino-alcohol motifs (C(OH)–C–C–N with tert-alkyl or cyclic N) is 1. The average Bonchev–Trinajstić information content (AvgIpc) is 2.52. The van der Waals surface area contributed by atoms with Crippen molar-refractivity contribution in [3.8, 4) is 0 Å². The van der Waals surface area contributed by atoms with E-state index in [2.05, 4.69) is 11.8 Å². The molecule has 1 fully saturated rings. The summed E-state index contributed by atoms with van der Waals surface area (Å²) in [6, 6.07) is 0. The first-order valence-electron chi connectivity index (χ1n) is 6.39. The fourth-order valence-corrected chi connectivity index (χ4v) is 2.07. The number of carbonyl (C=O) groups is 1. The third kappa shape index (κ3) is 4.49. The lowest BCUT2D eigenvalue weighted by atomic mass is 10.2. The van der Waals surface area contributed by atoms with Gasteiger partial charge in [0.05, 0.1) is 6.61 Å². The van der Waals surface area contributed by atoms with E-state index in [0.717, 1.165) is 52.0 Å². The SMILES string of the molecule is CCCCC(=O)N1CCCN(CCO)CC1. The van der Waals surface area contributed by atoms with E-state index in [0.29, 0.717) is 12.3 Å². The first-order chi connectivity index (χ1) is 7.77. The molecule has 4 heteroatoms. The molecule has 0 bridgehead atoms. The van der Waals surface area contributed by atoms with Crippen LogP contribution in [0.3, 0.4) is 0 Å². The molecule has 0 unspecified atom stereocenters. The monoisotopic (exact) mass is 228 g/mol. The highest BCUT2D eigenvalue weighted by molar-refractivity contribution is 5.76. The van der Waals surface area contributed by atoms with Gasteiger partial charge in [-0.2, -0.15) is 0 Å². The summed E-state index contributed by atoms with van der Waals surface area (Å²) in [4.78, 5) is 16.0. The van der Waals surface area contributed by atoms with Crippen molar-refractivity contribution in [2.45, 2.75) is 32.6 Å². The smallest absolute Gasteiger partial charge is 0.222 e. The largest absolute Gasteiger partial charge is 0.395 e. The van der Waals surface area contributed by atoms with E-state index in [-0.39, 0.29) is 6.61 Å². The third-order valence-electron chi connectivity index (χ3n) is 3.10. The zero-order valence-electron chi connectivity index (χ0n) is 10.3. The molecular formula is C12H24N2O2. The molecular weight excluding hydrogens is 204 g/mol. The minimum absolute atomic E-state index is 0.212. The number of nitrogens with zero attached hydrogens (tertiary/aromatic N) is 2. The molecule has 1 heterocycles. The minimum Gasteiger partial charge on any atom is -0.395 e. The quantitative estimate of drug-likeness (QED) is 0.753. The van der Waals surface area contributed by atoms with Crippen LogP contribution in [0.5, 0.6) is 0 Å². The first kappa shape index (κ1) is 13.5. The van der Waals surface area contributed by atoms with Gasteiger partial charge in [0.2, 0.25) is 5.91 Å². The van der Waals surface area contributed by atoms with E-state index in [1.165, 1.54) is 0 Å². The molecule has 0 aliphatic carbocycles. The van der Waals surface area contributed by atoms with Gasteiger partial charge in [0.15, 0.2) is 0 Å². The maximum atomic E-state index is 11.8. The van der Waals surface area contributed by atoms with Crippen LogP contribution in [0.4, 0.5) is 0 Å². The molecule has 1 amide bonds. The Balaban J connectivity index is 2.31. The van der Waals surface area contributed by atoms with Gasteiger partial charge < -0.3 is 10.0 Å². The van der Waals surface area contributed by atoms with Crippen LogP contribution in [0.15, 0.2) is 0 Å². The molecule has 0 aromatic carbocycles. The topological polar surface area (TPSA) is 43.8 Å². The van der Waals surface area contributed by atoms with Crippen LogP contribution in [0, 0.1) is 0 Å². The summed E-state index contributed by atoms with van der Waals surface area (Å²) in [5.74, 6) is 0.299. The molecule has 1 N–H and O–H groups in total. The number of hydrogen-bond acceptors (Lipinski definition) is 3. The van der Waals surface area contributed by atoms with Gasteiger partial charge >= 0.3 is 0 Å². The molecule has 0 saturated carbocycles. The molecule has 4 nitrogen and oxygen atoms in total. The molecule has 94 valence electrons. The van der Waals surface area contributed by atoms with Crippen LogP contribution in [0.25, 0.3) is 0 Å². The fraction of sp³-hybridized carbons (Fsp3) is 0.917. The molecule has 1 saturated heterocycles. The number of unbranched alkanes of at least 4 members (excludes halogenated alkanes) is 1. The predicted molar refractivity (Wildman–Crippen MR) is 64.2 cm³/mol. The van der Waals surface area contributed by atoms with Gasteiger partial charge in [0.1, 0.15) is 0 Å². The highest BCUT2D eigenvalue weighted by Crippen LogP contribution is 2.06. The van der Waals surface area contributed by atoms with Crippen molar-refractivity contribution in [3.05, 3.63) is 0 Å². The van der Waals surface area contributed by atoms with Crippen molar-refractivity contribution in [1.29, 1.82) is 0 Å². The summed E-state index contributed by atoms with van der Waals surface area (Å²) in [6.45, 7) is 6.66. The van der Waals surface area contributed by atoms with Gasteiger partial charge in [-0.25, -0.2) is 0 Å². The van der Waals surface area contributed by atoms with Crippen molar-refractivity contribution in [2.24, 2.45) is 0 Å². The second kappa shape index (κ2) is 7.63. The Morgan fingerprint density at radius 3 is 2.75 bits per heavy atom. The number of aliphatic hydroxyl groups excluding tert-OH is 1. The average molecular weight is 228 g/mol. The van der Waals surface area contributed by atoms with E-state index in [1.807, 2.05) is 4.90 Å². The molecule has 0 aromatic heterocycles. The summed E-state index contributed by atoms with van der Waals surface area (Å²) in [5.41, 5.74) is 0. The maximum absolute atomic E-state index is 11.8. The van der Waals surface area contributed by atoms with E-state index >= 15 is 0 Å². The van der Waals surface area contributed by atoms with Crippen molar-refractivity contribution in [2.75, 3.05) is 39.3 Å². The second-order valence-electron chi connectivity index (χ2n) is 4.40. The second-order valence-corrected chi connectivity index (χ2v) is 4.40. The fourth-order valence-electron chi connectivity index (χ4n) is 2.07. The lowest BCUT2D eigenvalue weighted by molar-refractivity contribution is -0.131. The molecule has 0 radical (unpaired) electrons. The number of aliphatic hydroxyl groups is 1. The van der Waals surface area contributed by atoms with Crippen LogP contribution in [0.2, 0.25) is 0 Å². The Labute approximate surface area is 98.2 Å². The van der Waals surface area contributed by atoms with Gasteiger partial charge in [-0.15, -0.1) is 0 Å². The van der Waals surface area contributed by atoms with Crippen LogP contribution in [-0.2, 0) is 4.79 Å². The summed E-state index contributed by atoms with van der Waals surface area (Å²) in [7, 11) is 0. The van der Waals surface area contributed by atoms with E-state index in [4.69, 9.17) is 5.11 Å². The summed E-state index contributed by atoms with van der Waals surface area (Å²) >= 11 is 0. The van der Waals surface area contributed by atoms with E-state index in [1.54, 1.807) is 0 Å². The zero-order chi connectivity index (χ0) is 11.8. The summed E-state index contributed by atoms with van der Waals surface area (Å²) < 4.78 is 0. The lowest BCUT2D eigenvalue weighted by Gasteiger charge is -2.21. The van der Waals surface area contributed by atoms with Crippen molar-refractivity contribution < 1.29 is 9.90 Å². The van der Waals surface area contributed by atoms with E-state index < -0.39 is 0 Å². The van der Waals surface area contributed by atoms with Crippen LogP contribution in [0.1, 0.15) is 32.6 Å². The first-order valence-corrected chi connectivity index (χ1v) is 6.39. The van der Waals surface area contributed by atoms with Crippen molar-refractivity contribution in [3.63, 3.8) is 0 Å². The van der Waals surface area contributed by atoms with E-state index in [9.17, 15) is 4.79 Å². The van der Waals surface area contributed by atoms with Crippen molar-refractivity contribution in [1.82, 2.24) is 9.80 Å². The van der Waals surface area contributed by atoms with Gasteiger partial charge in [0, 0.05) is 32.6 Å². The molecule has 1 aliphatic rings. The Hall–Kier alpha value is -0.610. The molecule has 0 atom stereocenters. The predicted octanol–water partition coefficient (Wildman–Crippen LogP) is 0.703. The number of carbonyl (C=O) groups excluding carboxylic acids is 1. The van der Waals surface area contributed by atoms with Crippen molar-refractivity contribution >= 4 is 5.91 Å². The van der Waals surface area contributed by atoms with Crippen LogP contribution in [-0.4, -0.2) is 60.1 Å². The van der Waals surface area contributed by atoms with Crippen LogP contribution < -0.4 is 0 Å². The summed E-state index contributed by atoms with van der Waals surface area (Å²) in [6.07, 6.45) is 3.79. The Morgan fingerprint density at radius 1 is 1.25 bits per heavy atom.